The number of hydrogen-bond acceptors (Lipinski definition) is 2. The van der Waals surface area contributed by atoms with E-state index in [9.17, 15) is 9.59 Å². The molecule has 2 atom stereocenters. The van der Waals surface area contributed by atoms with Gasteiger partial charge in [0.15, 0.2) is 0 Å². The molecule has 0 spiro atoms. The van der Waals surface area contributed by atoms with E-state index >= 15 is 0 Å². The molecule has 2 aromatic carbocycles. The maximum atomic E-state index is 12.8. The van der Waals surface area contributed by atoms with Gasteiger partial charge < -0.3 is 0 Å². The summed E-state index contributed by atoms with van der Waals surface area (Å²) in [6.07, 6.45) is 0.264. The normalized spacial score (nSPS) is 19.3. The molecule has 0 aliphatic carbocycles. The molecular formula is C19H18BrNO2. The van der Waals surface area contributed by atoms with Crippen molar-refractivity contribution >= 4 is 33.4 Å². The molecule has 0 saturated carbocycles. The van der Waals surface area contributed by atoms with E-state index in [0.717, 1.165) is 15.6 Å². The van der Waals surface area contributed by atoms with Gasteiger partial charge in [-0.2, -0.15) is 0 Å². The Hall–Kier alpha value is -1.94. The third kappa shape index (κ3) is 2.95. The number of hydrogen-bond donors (Lipinski definition) is 0. The molecule has 0 radical (unpaired) electrons. The highest BCUT2D eigenvalue weighted by molar-refractivity contribution is 9.10. The Labute approximate surface area is 144 Å². The summed E-state index contributed by atoms with van der Waals surface area (Å²) in [5.74, 6) is -0.517. The van der Waals surface area contributed by atoms with E-state index in [1.54, 1.807) is 0 Å². The van der Waals surface area contributed by atoms with Crippen LogP contribution in [0.3, 0.4) is 0 Å². The van der Waals surface area contributed by atoms with Crippen LogP contribution in [0.15, 0.2) is 53.0 Å². The summed E-state index contributed by atoms with van der Waals surface area (Å²) in [5, 5.41) is 0. The molecule has 23 heavy (non-hydrogen) atoms. The van der Waals surface area contributed by atoms with Crippen molar-refractivity contribution in [3.8, 4) is 0 Å². The maximum absolute atomic E-state index is 12.8. The smallest absolute Gasteiger partial charge is 0.237 e. The van der Waals surface area contributed by atoms with Crippen molar-refractivity contribution in [1.29, 1.82) is 0 Å². The van der Waals surface area contributed by atoms with Gasteiger partial charge in [0, 0.05) is 10.9 Å². The number of rotatable bonds is 3. The van der Waals surface area contributed by atoms with Crippen LogP contribution in [0.1, 0.15) is 30.4 Å². The number of carbonyl (C=O) groups is 2. The second-order valence-electron chi connectivity index (χ2n) is 6.01. The Morgan fingerprint density at radius 3 is 2.48 bits per heavy atom. The minimum atomic E-state index is -0.301. The van der Waals surface area contributed by atoms with Crippen LogP contribution in [-0.4, -0.2) is 11.8 Å². The Morgan fingerprint density at radius 2 is 1.83 bits per heavy atom. The fourth-order valence-electron chi connectivity index (χ4n) is 3.03. The number of nitrogens with zero attached hydrogens (tertiary/aromatic N) is 1. The second kappa shape index (κ2) is 6.28. The molecule has 0 aromatic heterocycles. The molecule has 1 fully saturated rings. The first kappa shape index (κ1) is 15.9. The second-order valence-corrected chi connectivity index (χ2v) is 6.87. The Kier molecular flexibility index (Phi) is 4.35. The van der Waals surface area contributed by atoms with E-state index in [2.05, 4.69) is 15.9 Å². The number of benzene rings is 2. The molecular weight excluding hydrogens is 354 g/mol. The summed E-state index contributed by atoms with van der Waals surface area (Å²) in [6, 6.07) is 15.5. The van der Waals surface area contributed by atoms with Crippen molar-refractivity contribution < 1.29 is 9.59 Å². The van der Waals surface area contributed by atoms with Crippen molar-refractivity contribution in [2.24, 2.45) is 5.92 Å². The maximum Gasteiger partial charge on any atom is 0.237 e. The summed E-state index contributed by atoms with van der Waals surface area (Å²) in [4.78, 5) is 26.6. The Morgan fingerprint density at radius 1 is 1.13 bits per heavy atom. The first-order chi connectivity index (χ1) is 11.0. The van der Waals surface area contributed by atoms with Gasteiger partial charge in [-0.3, -0.25) is 14.5 Å². The quantitative estimate of drug-likeness (QED) is 0.747. The van der Waals surface area contributed by atoms with Gasteiger partial charge in [-0.25, -0.2) is 0 Å². The van der Waals surface area contributed by atoms with Crippen LogP contribution < -0.4 is 4.90 Å². The fraction of sp³-hybridized carbons (Fsp3) is 0.263. The van der Waals surface area contributed by atoms with Gasteiger partial charge in [-0.15, -0.1) is 0 Å². The molecule has 2 aromatic rings. The van der Waals surface area contributed by atoms with Gasteiger partial charge in [0.2, 0.25) is 11.8 Å². The molecule has 118 valence electrons. The van der Waals surface area contributed by atoms with E-state index in [1.165, 1.54) is 4.90 Å². The van der Waals surface area contributed by atoms with E-state index in [0.29, 0.717) is 5.69 Å². The zero-order valence-electron chi connectivity index (χ0n) is 13.1. The molecule has 3 rings (SSSR count). The lowest BCUT2D eigenvalue weighted by Gasteiger charge is -2.19. The molecule has 2 amide bonds. The summed E-state index contributed by atoms with van der Waals surface area (Å²) in [5.41, 5.74) is 2.80. The van der Waals surface area contributed by atoms with Gasteiger partial charge in [0.05, 0.1) is 11.6 Å². The van der Waals surface area contributed by atoms with Crippen LogP contribution in [0, 0.1) is 12.8 Å². The number of imide groups is 1. The molecule has 0 bridgehead atoms. The lowest BCUT2D eigenvalue weighted by atomic mass is 9.86. The van der Waals surface area contributed by atoms with Crippen LogP contribution in [0.4, 0.5) is 5.69 Å². The van der Waals surface area contributed by atoms with E-state index in [1.807, 2.05) is 62.4 Å². The third-order valence-corrected chi connectivity index (χ3v) is 5.38. The number of amides is 2. The monoisotopic (exact) mass is 371 g/mol. The molecule has 1 saturated heterocycles. The zero-order valence-corrected chi connectivity index (χ0v) is 14.7. The molecule has 3 nitrogen and oxygen atoms in total. The lowest BCUT2D eigenvalue weighted by molar-refractivity contribution is -0.122. The highest BCUT2D eigenvalue weighted by atomic mass is 79.9. The number of carbonyl (C=O) groups excluding carboxylic acids is 2. The van der Waals surface area contributed by atoms with Crippen LogP contribution >= 0.6 is 15.9 Å². The average molecular weight is 372 g/mol. The van der Waals surface area contributed by atoms with Crippen molar-refractivity contribution in [3.63, 3.8) is 0 Å². The molecule has 0 unspecified atom stereocenters. The number of anilines is 1. The van der Waals surface area contributed by atoms with Gasteiger partial charge in [-0.05, 0) is 36.1 Å². The zero-order chi connectivity index (χ0) is 16.6. The predicted octanol–water partition coefficient (Wildman–Crippen LogP) is 4.44. The number of aryl methyl sites for hydroxylation is 1. The van der Waals surface area contributed by atoms with Gasteiger partial charge in [-0.1, -0.05) is 59.3 Å². The van der Waals surface area contributed by atoms with E-state index in [4.69, 9.17) is 0 Å². The minimum absolute atomic E-state index is 0.0199. The van der Waals surface area contributed by atoms with Crippen LogP contribution in [0.5, 0.6) is 0 Å². The van der Waals surface area contributed by atoms with Gasteiger partial charge in [0.25, 0.3) is 0 Å². The Balaban J connectivity index is 1.89. The van der Waals surface area contributed by atoms with Gasteiger partial charge >= 0.3 is 0 Å². The average Bonchev–Trinajstić information content (AvgIpc) is 2.85. The summed E-state index contributed by atoms with van der Waals surface area (Å²) >= 11 is 3.46. The number of halogens is 1. The largest absolute Gasteiger partial charge is 0.274 e. The molecule has 4 heteroatoms. The summed E-state index contributed by atoms with van der Waals surface area (Å²) in [6.45, 7) is 3.99. The van der Waals surface area contributed by atoms with Crippen molar-refractivity contribution in [2.45, 2.75) is 26.2 Å². The fourth-order valence-corrected chi connectivity index (χ4v) is 3.39. The minimum Gasteiger partial charge on any atom is -0.274 e. The SMILES string of the molecule is Cc1ccc(N2C(=O)C[C@H]([C@H](C)c3ccccc3)C2=O)cc1Br. The predicted molar refractivity (Wildman–Crippen MR) is 94.3 cm³/mol. The molecule has 0 N–H and O–H groups in total. The highest BCUT2D eigenvalue weighted by Gasteiger charge is 2.42. The lowest BCUT2D eigenvalue weighted by Crippen LogP contribution is -2.31. The standard InChI is InChI=1S/C19H18BrNO2/c1-12-8-9-15(10-17(12)20)21-18(22)11-16(19(21)23)13(2)14-6-4-3-5-7-14/h3-10,13,16H,11H2,1-2H3/t13-,16-/m1/s1. The van der Waals surface area contributed by atoms with Crippen LogP contribution in [0.25, 0.3) is 0 Å². The molecule has 1 heterocycles. The molecule has 1 aliphatic rings. The highest BCUT2D eigenvalue weighted by Crippen LogP contribution is 2.36. The molecule has 1 aliphatic heterocycles. The third-order valence-electron chi connectivity index (χ3n) is 4.52. The van der Waals surface area contributed by atoms with Crippen LogP contribution in [0.2, 0.25) is 0 Å². The van der Waals surface area contributed by atoms with E-state index < -0.39 is 0 Å². The first-order valence-electron chi connectivity index (χ1n) is 7.67. The van der Waals surface area contributed by atoms with E-state index in [-0.39, 0.29) is 30.1 Å². The summed E-state index contributed by atoms with van der Waals surface area (Å²) in [7, 11) is 0. The Bertz CT molecular complexity index is 757. The topological polar surface area (TPSA) is 37.4 Å². The van der Waals surface area contributed by atoms with Crippen LogP contribution in [-0.2, 0) is 9.59 Å². The summed E-state index contributed by atoms with van der Waals surface area (Å²) < 4.78 is 0.898. The van der Waals surface area contributed by atoms with Crippen molar-refractivity contribution in [3.05, 3.63) is 64.1 Å². The van der Waals surface area contributed by atoms with Crippen molar-refractivity contribution in [1.82, 2.24) is 0 Å². The van der Waals surface area contributed by atoms with Gasteiger partial charge in [0.1, 0.15) is 0 Å². The van der Waals surface area contributed by atoms with Crippen molar-refractivity contribution in [2.75, 3.05) is 4.90 Å². The first-order valence-corrected chi connectivity index (χ1v) is 8.46.